The third-order valence-electron chi connectivity index (χ3n) is 4.27. The van der Waals surface area contributed by atoms with Gasteiger partial charge >= 0.3 is 0 Å². The van der Waals surface area contributed by atoms with Crippen LogP contribution in [0.4, 0.5) is 11.4 Å². The first-order valence-corrected chi connectivity index (χ1v) is 10.7. The number of nitrogens with zero attached hydrogens (tertiary/aromatic N) is 5. The van der Waals surface area contributed by atoms with E-state index in [0.29, 0.717) is 17.3 Å². The van der Waals surface area contributed by atoms with Crippen LogP contribution in [-0.2, 0) is 10.0 Å². The Morgan fingerprint density at radius 3 is 2.25 bits per heavy atom. The number of hydrogen-bond donors (Lipinski definition) is 1. The molecule has 162 valence electrons. The lowest BCUT2D eigenvalue weighted by molar-refractivity contribution is -0.384. The average Bonchev–Trinajstić information content (AvgIpc) is 3.22. The Kier molecular flexibility index (Phi) is 5.52. The summed E-state index contributed by atoms with van der Waals surface area (Å²) in [7, 11) is -3.90. The van der Waals surface area contributed by atoms with Gasteiger partial charge in [0.25, 0.3) is 15.7 Å². The van der Waals surface area contributed by atoms with Gasteiger partial charge in [0.1, 0.15) is 5.75 Å². The van der Waals surface area contributed by atoms with Crippen molar-refractivity contribution in [1.82, 2.24) is 20.0 Å². The number of nitrogens with one attached hydrogen (secondary N) is 1. The topological polar surface area (TPSA) is 142 Å². The zero-order valence-electron chi connectivity index (χ0n) is 16.6. The zero-order chi connectivity index (χ0) is 22.7. The Hall–Kier alpha value is -4.32. The standard InChI is InChI=1S/C20H16N6O5S/c1-14-12-13-25(23-14)19-10-11-20(22-21-19)31-17-6-2-15(3-7-17)24-32(29,30)18-8-4-16(5-9-18)26(27)28/h2-13,24H,1H3. The maximum atomic E-state index is 12.5. The van der Waals surface area contributed by atoms with Gasteiger partial charge in [-0.25, -0.2) is 13.1 Å². The molecule has 12 heteroatoms. The number of anilines is 1. The fraction of sp³-hybridized carbons (Fsp3) is 0.0500. The van der Waals surface area contributed by atoms with E-state index in [1.807, 2.05) is 13.0 Å². The van der Waals surface area contributed by atoms with Gasteiger partial charge in [-0.15, -0.1) is 10.2 Å². The quantitative estimate of drug-likeness (QED) is 0.332. The lowest BCUT2D eigenvalue weighted by Crippen LogP contribution is -2.12. The Morgan fingerprint density at radius 1 is 0.969 bits per heavy atom. The van der Waals surface area contributed by atoms with Crippen molar-refractivity contribution in [3.05, 3.63) is 88.7 Å². The van der Waals surface area contributed by atoms with Crippen LogP contribution in [0, 0.1) is 17.0 Å². The summed E-state index contributed by atoms with van der Waals surface area (Å²) in [5.41, 5.74) is 0.962. The molecule has 0 spiro atoms. The molecular weight excluding hydrogens is 436 g/mol. The van der Waals surface area contributed by atoms with Gasteiger partial charge in [-0.2, -0.15) is 5.10 Å². The number of aromatic nitrogens is 4. The molecule has 0 amide bonds. The van der Waals surface area contributed by atoms with Crippen molar-refractivity contribution in [3.8, 4) is 17.4 Å². The second kappa shape index (κ2) is 8.43. The van der Waals surface area contributed by atoms with Crippen LogP contribution in [0.1, 0.15) is 5.69 Å². The molecule has 32 heavy (non-hydrogen) atoms. The summed E-state index contributed by atoms with van der Waals surface area (Å²) in [6, 6.07) is 16.0. The number of benzene rings is 2. The van der Waals surface area contributed by atoms with Gasteiger partial charge in [0.2, 0.25) is 5.88 Å². The van der Waals surface area contributed by atoms with Gasteiger partial charge in [0.05, 0.1) is 15.5 Å². The van der Waals surface area contributed by atoms with Crippen LogP contribution in [0.25, 0.3) is 5.82 Å². The summed E-state index contributed by atoms with van der Waals surface area (Å²) in [6.07, 6.45) is 1.77. The van der Waals surface area contributed by atoms with Crippen molar-refractivity contribution in [3.63, 3.8) is 0 Å². The molecule has 0 aliphatic heterocycles. The monoisotopic (exact) mass is 452 g/mol. The number of rotatable bonds is 7. The number of nitro groups is 1. The molecule has 0 bridgehead atoms. The predicted molar refractivity (Wildman–Crippen MR) is 114 cm³/mol. The highest BCUT2D eigenvalue weighted by atomic mass is 32.2. The molecule has 1 N–H and O–H groups in total. The normalized spacial score (nSPS) is 11.2. The summed E-state index contributed by atoms with van der Waals surface area (Å²) in [5, 5.41) is 23.0. The third-order valence-corrected chi connectivity index (χ3v) is 5.67. The summed E-state index contributed by atoms with van der Waals surface area (Å²) < 4.78 is 34.6. The van der Waals surface area contributed by atoms with E-state index >= 15 is 0 Å². The van der Waals surface area contributed by atoms with Crippen LogP contribution in [0.3, 0.4) is 0 Å². The second-order valence-corrected chi connectivity index (χ2v) is 8.30. The van der Waals surface area contributed by atoms with Crippen LogP contribution in [0.2, 0.25) is 0 Å². The fourth-order valence-electron chi connectivity index (χ4n) is 2.71. The molecule has 11 nitrogen and oxygen atoms in total. The predicted octanol–water partition coefficient (Wildman–Crippen LogP) is 3.47. The largest absolute Gasteiger partial charge is 0.438 e. The fourth-order valence-corrected chi connectivity index (χ4v) is 3.76. The highest BCUT2D eigenvalue weighted by Crippen LogP contribution is 2.24. The van der Waals surface area contributed by atoms with E-state index in [-0.39, 0.29) is 16.5 Å². The van der Waals surface area contributed by atoms with Gasteiger partial charge in [0.15, 0.2) is 5.82 Å². The zero-order valence-corrected chi connectivity index (χ0v) is 17.4. The first kappa shape index (κ1) is 20.9. The molecule has 0 saturated carbocycles. The van der Waals surface area contributed by atoms with Crippen LogP contribution < -0.4 is 9.46 Å². The molecule has 4 aromatic rings. The Balaban J connectivity index is 1.42. The number of sulfonamides is 1. The number of ether oxygens (including phenoxy) is 1. The van der Waals surface area contributed by atoms with Crippen LogP contribution in [0.5, 0.6) is 11.6 Å². The summed E-state index contributed by atoms with van der Waals surface area (Å²) >= 11 is 0. The minimum atomic E-state index is -3.90. The molecule has 0 aliphatic carbocycles. The first-order chi connectivity index (χ1) is 15.3. The maximum absolute atomic E-state index is 12.5. The van der Waals surface area contributed by atoms with Gasteiger partial charge in [0, 0.05) is 30.1 Å². The van der Waals surface area contributed by atoms with E-state index in [2.05, 4.69) is 20.0 Å². The highest BCUT2D eigenvalue weighted by molar-refractivity contribution is 7.92. The van der Waals surface area contributed by atoms with Crippen molar-refractivity contribution < 1.29 is 18.1 Å². The Bertz CT molecular complexity index is 1350. The first-order valence-electron chi connectivity index (χ1n) is 9.22. The van der Waals surface area contributed by atoms with E-state index in [4.69, 9.17) is 4.74 Å². The van der Waals surface area contributed by atoms with Crippen molar-refractivity contribution in [2.75, 3.05) is 4.72 Å². The number of non-ortho nitro benzene ring substituents is 1. The number of hydrogen-bond acceptors (Lipinski definition) is 8. The highest BCUT2D eigenvalue weighted by Gasteiger charge is 2.16. The lowest BCUT2D eigenvalue weighted by atomic mass is 10.3. The van der Waals surface area contributed by atoms with E-state index < -0.39 is 14.9 Å². The molecule has 0 unspecified atom stereocenters. The molecule has 0 fully saturated rings. The van der Waals surface area contributed by atoms with E-state index in [1.165, 1.54) is 24.3 Å². The number of aryl methyl sites for hydroxylation is 1. The summed E-state index contributed by atoms with van der Waals surface area (Å²) in [5.74, 6) is 1.23. The smallest absolute Gasteiger partial charge is 0.269 e. The van der Waals surface area contributed by atoms with Crippen molar-refractivity contribution in [2.45, 2.75) is 11.8 Å². The van der Waals surface area contributed by atoms with Crippen molar-refractivity contribution in [1.29, 1.82) is 0 Å². The molecule has 2 aromatic carbocycles. The van der Waals surface area contributed by atoms with E-state index in [9.17, 15) is 18.5 Å². The Labute approximate surface area is 182 Å². The molecule has 2 heterocycles. The molecule has 0 radical (unpaired) electrons. The van der Waals surface area contributed by atoms with Gasteiger partial charge in [-0.3, -0.25) is 14.8 Å². The van der Waals surface area contributed by atoms with E-state index in [0.717, 1.165) is 17.8 Å². The van der Waals surface area contributed by atoms with Gasteiger partial charge < -0.3 is 4.74 Å². The molecule has 0 saturated heterocycles. The third kappa shape index (κ3) is 4.70. The maximum Gasteiger partial charge on any atom is 0.269 e. The van der Waals surface area contributed by atoms with Crippen molar-refractivity contribution >= 4 is 21.4 Å². The SMILES string of the molecule is Cc1ccn(-c2ccc(Oc3ccc(NS(=O)(=O)c4ccc([N+](=O)[O-])cc4)cc3)nn2)n1. The number of nitro benzene ring substituents is 1. The van der Waals surface area contributed by atoms with Crippen molar-refractivity contribution in [2.24, 2.45) is 0 Å². The molecule has 0 aliphatic rings. The van der Waals surface area contributed by atoms with Gasteiger partial charge in [-0.05, 0) is 55.5 Å². The van der Waals surface area contributed by atoms with Crippen LogP contribution >= 0.6 is 0 Å². The minimum absolute atomic E-state index is 0.0915. The molecule has 0 atom stereocenters. The second-order valence-electron chi connectivity index (χ2n) is 6.61. The lowest BCUT2D eigenvalue weighted by Gasteiger charge is -2.09. The molecule has 2 aromatic heterocycles. The van der Waals surface area contributed by atoms with Gasteiger partial charge in [-0.1, -0.05) is 0 Å². The Morgan fingerprint density at radius 2 is 1.69 bits per heavy atom. The van der Waals surface area contributed by atoms with Crippen LogP contribution in [-0.4, -0.2) is 33.3 Å². The molecule has 4 rings (SSSR count). The summed E-state index contributed by atoms with van der Waals surface area (Å²) in [4.78, 5) is 10.0. The molecular formula is C20H16N6O5S. The summed E-state index contributed by atoms with van der Waals surface area (Å²) in [6.45, 7) is 1.87. The average molecular weight is 452 g/mol. The minimum Gasteiger partial charge on any atom is -0.438 e. The van der Waals surface area contributed by atoms with Crippen LogP contribution in [0.15, 0.2) is 77.8 Å². The van der Waals surface area contributed by atoms with E-state index in [1.54, 1.807) is 35.1 Å².